The third-order valence-corrected chi connectivity index (χ3v) is 16.9. The van der Waals surface area contributed by atoms with E-state index in [9.17, 15) is 17.6 Å². The first-order valence-corrected chi connectivity index (χ1v) is 28.9. The number of hydrogen-bond donors (Lipinski definition) is 3. The predicted octanol–water partition coefficient (Wildman–Crippen LogP) is 16.3. The molecule has 0 aromatic heterocycles. The van der Waals surface area contributed by atoms with E-state index in [0.29, 0.717) is 4.47 Å². The molecule has 73 heavy (non-hydrogen) atoms. The van der Waals surface area contributed by atoms with Crippen LogP contribution in [-0.2, 0) is 0 Å². The average Bonchev–Trinajstić information content (AvgIpc) is 4.33. The van der Waals surface area contributed by atoms with E-state index >= 15 is 0 Å². The molecule has 0 saturated carbocycles. The topological polar surface area (TPSA) is 62.4 Å². The molecule has 0 radical (unpaired) electrons. The number of para-hydroxylation sites is 5. The molecule has 10 aromatic rings. The van der Waals surface area contributed by atoms with Crippen LogP contribution in [0.3, 0.4) is 0 Å². The van der Waals surface area contributed by atoms with Gasteiger partial charge in [-0.25, -0.2) is 22.1 Å². The Bertz CT molecular complexity index is 2940. The Labute approximate surface area is 439 Å². The Kier molecular flexibility index (Phi) is 21.5. The van der Waals surface area contributed by atoms with Gasteiger partial charge >= 0.3 is 0 Å². The predicted molar refractivity (Wildman–Crippen MR) is 312 cm³/mol. The summed E-state index contributed by atoms with van der Waals surface area (Å²) >= 11 is 3.02. The fourth-order valence-corrected chi connectivity index (χ4v) is 12.1. The molecule has 1 unspecified atom stereocenters. The third kappa shape index (κ3) is 16.9. The maximum absolute atomic E-state index is 13.2. The highest BCUT2D eigenvalue weighted by Gasteiger charge is 2.23. The van der Waals surface area contributed by atoms with Crippen molar-refractivity contribution in [2.45, 2.75) is 0 Å². The van der Waals surface area contributed by atoms with E-state index in [-0.39, 0.29) is 28.7 Å². The molecule has 4 nitrogen and oxygen atoms in total. The van der Waals surface area contributed by atoms with Crippen LogP contribution in [0.4, 0.5) is 46.0 Å². The van der Waals surface area contributed by atoms with Gasteiger partial charge in [-0.05, 0) is 114 Å². The standard InChI is InChI=1S/C36H29NP2.C12H9F2N.C6H4BrF.C6H6FN.HNP2/c1-5-17-29(18-6-1)38(30-19-7-2-8-20-30)35-27-15-13-25-33(35)37-34-26-14-16-28-36(34)39(31-21-9-3-10-22-31)32-23-11-4-12-24-32;13-9-5-1-3-7-11(9)15-12-8-4-2-6-10(12)14;2*7-5-3-1-2-4-6(5)8;1-2-3-1/h1-28,37H;1-8,15H;1-4H;1-4H,8H2;2H. The van der Waals surface area contributed by atoms with Gasteiger partial charge in [0, 0.05) is 22.0 Å². The van der Waals surface area contributed by atoms with E-state index in [1.165, 1.54) is 70.2 Å². The molecule has 1 aliphatic rings. The normalized spacial score (nSPS) is 11.3. The summed E-state index contributed by atoms with van der Waals surface area (Å²) in [6.45, 7) is 0. The lowest BCUT2D eigenvalue weighted by Gasteiger charge is -2.25. The van der Waals surface area contributed by atoms with Gasteiger partial charge in [0.2, 0.25) is 0 Å². The van der Waals surface area contributed by atoms with Crippen LogP contribution in [0.2, 0.25) is 0 Å². The van der Waals surface area contributed by atoms with Gasteiger partial charge in [0.25, 0.3) is 0 Å². The van der Waals surface area contributed by atoms with Crippen molar-refractivity contribution < 1.29 is 17.6 Å². The van der Waals surface area contributed by atoms with Crippen LogP contribution in [0.15, 0.2) is 276 Å². The molecular formula is C60H49BrF4N4P4. The number of anilines is 5. The molecule has 0 bridgehead atoms. The van der Waals surface area contributed by atoms with Gasteiger partial charge in [-0.15, -0.1) is 0 Å². The molecule has 1 atom stereocenters. The first kappa shape index (κ1) is 54.0. The molecule has 0 amide bonds. The van der Waals surface area contributed by atoms with Crippen molar-refractivity contribution in [3.05, 3.63) is 295 Å². The van der Waals surface area contributed by atoms with Crippen LogP contribution in [-0.4, -0.2) is 0 Å². The van der Waals surface area contributed by atoms with Crippen molar-refractivity contribution in [2.24, 2.45) is 4.52 Å². The summed E-state index contributed by atoms with van der Waals surface area (Å²) in [4.78, 5) is 0. The summed E-state index contributed by atoms with van der Waals surface area (Å²) in [5.74, 6) is -1.37. The number of benzene rings is 10. The number of nitrogen functional groups attached to an aromatic ring is 1. The van der Waals surface area contributed by atoms with E-state index in [0.717, 1.165) is 19.8 Å². The third-order valence-electron chi connectivity index (χ3n) is 10.5. The van der Waals surface area contributed by atoms with E-state index in [1.807, 2.05) is 0 Å². The van der Waals surface area contributed by atoms with Crippen LogP contribution < -0.4 is 48.2 Å². The van der Waals surface area contributed by atoms with Gasteiger partial charge in [0.15, 0.2) is 0 Å². The number of rotatable bonds is 10. The second kappa shape index (κ2) is 29.0. The van der Waals surface area contributed by atoms with Crippen molar-refractivity contribution in [2.75, 3.05) is 16.4 Å². The number of hydrogen-bond acceptors (Lipinski definition) is 4. The van der Waals surface area contributed by atoms with Crippen LogP contribution >= 0.6 is 48.3 Å². The Morgan fingerprint density at radius 2 is 0.630 bits per heavy atom. The molecule has 10 aromatic carbocycles. The number of nitrogens with two attached hydrogens (primary N) is 1. The summed E-state index contributed by atoms with van der Waals surface area (Å²) in [7, 11) is 0.784. The average molecular weight is 1110 g/mol. The van der Waals surface area contributed by atoms with Crippen LogP contribution in [0.5, 0.6) is 0 Å². The number of nitrogens with zero attached hydrogens (tertiary/aromatic N) is 1. The Morgan fingerprint density at radius 3 is 0.918 bits per heavy atom. The first-order valence-electron chi connectivity index (χ1n) is 22.8. The first-order chi connectivity index (χ1) is 35.8. The van der Waals surface area contributed by atoms with Crippen LogP contribution in [0.25, 0.3) is 0 Å². The largest absolute Gasteiger partial charge is 0.396 e. The van der Waals surface area contributed by atoms with Crippen molar-refractivity contribution in [3.8, 4) is 0 Å². The molecule has 1 aliphatic heterocycles. The second-order valence-electron chi connectivity index (χ2n) is 15.5. The van der Waals surface area contributed by atoms with Gasteiger partial charge in [-0.3, -0.25) is 0 Å². The Balaban J connectivity index is 0.000000184. The highest BCUT2D eigenvalue weighted by molar-refractivity contribution is 9.10. The highest BCUT2D eigenvalue weighted by atomic mass is 79.9. The van der Waals surface area contributed by atoms with Crippen molar-refractivity contribution in [1.82, 2.24) is 0 Å². The molecule has 0 saturated heterocycles. The van der Waals surface area contributed by atoms with Gasteiger partial charge < -0.3 is 16.4 Å². The van der Waals surface area contributed by atoms with Gasteiger partial charge in [-0.2, -0.15) is 0 Å². The lowest BCUT2D eigenvalue weighted by molar-refractivity contribution is 0.621. The molecule has 0 aliphatic carbocycles. The quantitative estimate of drug-likeness (QED) is 0.0726. The lowest BCUT2D eigenvalue weighted by Crippen LogP contribution is -2.25. The van der Waals surface area contributed by atoms with Crippen molar-refractivity contribution in [3.63, 3.8) is 0 Å². The monoisotopic (exact) mass is 1100 g/mol. The van der Waals surface area contributed by atoms with E-state index in [4.69, 9.17) is 5.73 Å². The minimum Gasteiger partial charge on any atom is -0.396 e. The Morgan fingerprint density at radius 1 is 0.356 bits per heavy atom. The number of halogens is 5. The molecule has 13 heteroatoms. The van der Waals surface area contributed by atoms with Gasteiger partial charge in [-0.1, -0.05) is 206 Å². The van der Waals surface area contributed by atoms with Crippen LogP contribution in [0, 0.1) is 23.3 Å². The van der Waals surface area contributed by atoms with Crippen molar-refractivity contribution >= 4 is 109 Å². The summed E-state index contributed by atoms with van der Waals surface area (Å²) in [6, 6.07) is 86.1. The van der Waals surface area contributed by atoms with Crippen molar-refractivity contribution in [1.29, 1.82) is 0 Å². The van der Waals surface area contributed by atoms with E-state index in [1.54, 1.807) is 66.7 Å². The minimum absolute atomic E-state index is 0.201. The Hall–Kier alpha value is -6.81. The molecule has 0 fully saturated rings. The smallest absolute Gasteiger partial charge is 0.146 e. The van der Waals surface area contributed by atoms with Gasteiger partial charge in [0.05, 0.1) is 38.0 Å². The van der Waals surface area contributed by atoms with E-state index in [2.05, 4.69) is 201 Å². The summed E-state index contributed by atoms with van der Waals surface area (Å²) in [5.41, 5.74) is 8.18. The van der Waals surface area contributed by atoms with E-state index < -0.39 is 27.5 Å². The second-order valence-corrected chi connectivity index (χ2v) is 23.1. The number of nitrogens with one attached hydrogen (secondary N) is 2. The molecule has 364 valence electrons. The highest BCUT2D eigenvalue weighted by Crippen LogP contribution is 2.50. The molecular weight excluding hydrogens is 1060 g/mol. The molecule has 11 rings (SSSR count). The lowest BCUT2D eigenvalue weighted by atomic mass is 10.2. The fourth-order valence-electron chi connectivity index (χ4n) is 7.04. The summed E-state index contributed by atoms with van der Waals surface area (Å²) < 4.78 is 55.2. The summed E-state index contributed by atoms with van der Waals surface area (Å²) in [6.07, 6.45) is 0. The zero-order valence-electron chi connectivity index (χ0n) is 39.2. The maximum atomic E-state index is 13.2. The van der Waals surface area contributed by atoms with Crippen LogP contribution in [0.1, 0.15) is 0 Å². The molecule has 4 N–H and O–H groups in total. The SMILES string of the molecule is Fc1ccccc1Br.Fc1ccccc1Nc1ccccc1F.N1=PP1.Nc1ccccc1F.c1ccc(P(c2ccccc2)c2ccccc2Nc2ccccc2P(c2ccccc2)c2ccccc2)cc1. The molecule has 1 heterocycles. The zero-order valence-corrected chi connectivity index (χ0v) is 44.4. The minimum atomic E-state index is -0.733. The fraction of sp³-hybridized carbons (Fsp3) is 0. The maximum Gasteiger partial charge on any atom is 0.146 e. The summed E-state index contributed by atoms with van der Waals surface area (Å²) in [5, 5.41) is 14.6. The van der Waals surface area contributed by atoms with Gasteiger partial charge in [0.1, 0.15) is 23.3 Å². The molecule has 0 spiro atoms. The zero-order chi connectivity index (χ0) is 51.0.